The molecule has 1 N–H and O–H groups in total. The summed E-state index contributed by atoms with van der Waals surface area (Å²) in [4.78, 5) is 17.6. The zero-order valence-electron chi connectivity index (χ0n) is 15.4. The zero-order valence-corrected chi connectivity index (χ0v) is 15.4. The van der Waals surface area contributed by atoms with Gasteiger partial charge in [0.1, 0.15) is 0 Å². The first-order chi connectivity index (χ1) is 12.2. The number of carbonyl (C=O) groups is 1. The van der Waals surface area contributed by atoms with Gasteiger partial charge in [0.25, 0.3) is 5.91 Å². The van der Waals surface area contributed by atoms with E-state index < -0.39 is 0 Å². The maximum atomic E-state index is 12.6. The molecule has 1 amide bonds. The van der Waals surface area contributed by atoms with E-state index in [0.29, 0.717) is 5.92 Å². The van der Waals surface area contributed by atoms with E-state index in [0.717, 1.165) is 62.1 Å². The Morgan fingerprint density at radius 3 is 2.48 bits per heavy atom. The first kappa shape index (κ1) is 17.9. The van der Waals surface area contributed by atoms with Crippen LogP contribution in [0.2, 0.25) is 0 Å². The molecule has 0 radical (unpaired) electrons. The van der Waals surface area contributed by atoms with Gasteiger partial charge in [0.15, 0.2) is 0 Å². The Bertz CT molecular complexity index is 702. The van der Waals surface area contributed by atoms with Crippen LogP contribution in [-0.2, 0) is 0 Å². The highest BCUT2D eigenvalue weighted by atomic mass is 16.1. The van der Waals surface area contributed by atoms with Crippen molar-refractivity contribution in [2.24, 2.45) is 5.92 Å². The lowest BCUT2D eigenvalue weighted by molar-refractivity contribution is 0.0935. The van der Waals surface area contributed by atoms with Gasteiger partial charge in [-0.25, -0.2) is 0 Å². The Morgan fingerprint density at radius 1 is 1.04 bits per heavy atom. The Kier molecular flexibility index (Phi) is 6.05. The summed E-state index contributed by atoms with van der Waals surface area (Å²) in [7, 11) is 0. The molecule has 25 heavy (non-hydrogen) atoms. The van der Waals surface area contributed by atoms with E-state index in [9.17, 15) is 4.79 Å². The van der Waals surface area contributed by atoms with Crippen molar-refractivity contribution >= 4 is 16.7 Å². The summed E-state index contributed by atoms with van der Waals surface area (Å²) in [5.41, 5.74) is 0.766. The van der Waals surface area contributed by atoms with Crippen LogP contribution in [-0.4, -0.2) is 61.5 Å². The average molecular weight is 339 g/mol. The number of hydrogen-bond acceptors (Lipinski definition) is 3. The molecule has 3 rings (SSSR count). The molecular formula is C21H29N3O. The van der Waals surface area contributed by atoms with Crippen LogP contribution in [0.25, 0.3) is 10.8 Å². The van der Waals surface area contributed by atoms with Gasteiger partial charge in [-0.2, -0.15) is 0 Å². The standard InChI is InChI=1S/C21H29N3O/c1-3-23-11-13-24(14-12-23)16-17(2)15-22-21(25)20-10-6-8-18-7-4-5-9-19(18)20/h4-10,17H,3,11-16H2,1-2H3,(H,22,25). The molecule has 1 fully saturated rings. The normalized spacial score (nSPS) is 17.5. The topological polar surface area (TPSA) is 35.6 Å². The molecule has 2 aromatic carbocycles. The molecule has 0 bridgehead atoms. The van der Waals surface area contributed by atoms with Crippen molar-refractivity contribution in [3.8, 4) is 0 Å². The summed E-state index contributed by atoms with van der Waals surface area (Å²) < 4.78 is 0. The largest absolute Gasteiger partial charge is 0.352 e. The molecule has 0 aliphatic carbocycles. The molecule has 0 spiro atoms. The third kappa shape index (κ3) is 4.59. The van der Waals surface area contributed by atoms with E-state index in [1.165, 1.54) is 0 Å². The van der Waals surface area contributed by atoms with Crippen molar-refractivity contribution in [3.05, 3.63) is 48.0 Å². The average Bonchev–Trinajstić information content (AvgIpc) is 2.66. The number of amides is 1. The predicted molar refractivity (Wildman–Crippen MR) is 104 cm³/mol. The molecule has 1 aliphatic heterocycles. The summed E-state index contributed by atoms with van der Waals surface area (Å²) in [6.45, 7) is 11.9. The summed E-state index contributed by atoms with van der Waals surface area (Å²) in [6.07, 6.45) is 0. The minimum absolute atomic E-state index is 0.0273. The van der Waals surface area contributed by atoms with Crippen molar-refractivity contribution < 1.29 is 4.79 Å². The van der Waals surface area contributed by atoms with Gasteiger partial charge in [0.05, 0.1) is 0 Å². The Balaban J connectivity index is 1.52. The van der Waals surface area contributed by atoms with Crippen LogP contribution in [0.1, 0.15) is 24.2 Å². The van der Waals surface area contributed by atoms with Crippen LogP contribution in [0.15, 0.2) is 42.5 Å². The Hall–Kier alpha value is -1.91. The number of fused-ring (bicyclic) bond motifs is 1. The lowest BCUT2D eigenvalue weighted by Gasteiger charge is -2.35. The second-order valence-electron chi connectivity index (χ2n) is 7.08. The van der Waals surface area contributed by atoms with Crippen LogP contribution in [0.4, 0.5) is 0 Å². The third-order valence-electron chi connectivity index (χ3n) is 5.13. The van der Waals surface area contributed by atoms with E-state index in [-0.39, 0.29) is 5.91 Å². The Morgan fingerprint density at radius 2 is 1.72 bits per heavy atom. The summed E-state index contributed by atoms with van der Waals surface area (Å²) in [6, 6.07) is 14.0. The highest BCUT2D eigenvalue weighted by Gasteiger charge is 2.18. The molecule has 4 nitrogen and oxygen atoms in total. The van der Waals surface area contributed by atoms with Gasteiger partial charge in [0.2, 0.25) is 0 Å². The highest BCUT2D eigenvalue weighted by Crippen LogP contribution is 2.18. The fourth-order valence-electron chi connectivity index (χ4n) is 3.58. The Labute approximate surface area is 150 Å². The van der Waals surface area contributed by atoms with E-state index in [1.54, 1.807) is 0 Å². The van der Waals surface area contributed by atoms with Gasteiger partial charge in [-0.05, 0) is 29.3 Å². The van der Waals surface area contributed by atoms with Crippen molar-refractivity contribution in [3.63, 3.8) is 0 Å². The molecule has 134 valence electrons. The van der Waals surface area contributed by atoms with Crippen LogP contribution in [0.3, 0.4) is 0 Å². The number of hydrogen-bond donors (Lipinski definition) is 1. The number of likely N-dealkylation sites (N-methyl/N-ethyl adjacent to an activating group) is 1. The lowest BCUT2D eigenvalue weighted by atomic mass is 10.0. The summed E-state index contributed by atoms with van der Waals surface area (Å²) >= 11 is 0. The molecule has 4 heteroatoms. The molecule has 0 saturated carbocycles. The molecule has 1 unspecified atom stereocenters. The lowest BCUT2D eigenvalue weighted by Crippen LogP contribution is -2.48. The van der Waals surface area contributed by atoms with Crippen molar-refractivity contribution in [2.75, 3.05) is 45.8 Å². The number of piperazine rings is 1. The first-order valence-corrected chi connectivity index (χ1v) is 9.38. The van der Waals surface area contributed by atoms with Gasteiger partial charge >= 0.3 is 0 Å². The maximum Gasteiger partial charge on any atom is 0.251 e. The fourth-order valence-corrected chi connectivity index (χ4v) is 3.58. The van der Waals surface area contributed by atoms with E-state index in [4.69, 9.17) is 0 Å². The maximum absolute atomic E-state index is 12.6. The van der Waals surface area contributed by atoms with E-state index in [2.05, 4.69) is 29.0 Å². The van der Waals surface area contributed by atoms with E-state index in [1.807, 2.05) is 42.5 Å². The van der Waals surface area contributed by atoms with Gasteiger partial charge in [-0.1, -0.05) is 50.2 Å². The molecule has 1 saturated heterocycles. The number of nitrogens with one attached hydrogen (secondary N) is 1. The van der Waals surface area contributed by atoms with Gasteiger partial charge in [0, 0.05) is 44.8 Å². The van der Waals surface area contributed by atoms with Crippen molar-refractivity contribution in [1.29, 1.82) is 0 Å². The van der Waals surface area contributed by atoms with Gasteiger partial charge in [-0.15, -0.1) is 0 Å². The summed E-state index contributed by atoms with van der Waals surface area (Å²) in [5, 5.41) is 5.25. The van der Waals surface area contributed by atoms with Crippen molar-refractivity contribution in [2.45, 2.75) is 13.8 Å². The summed E-state index contributed by atoms with van der Waals surface area (Å²) in [5.74, 6) is 0.478. The van der Waals surface area contributed by atoms with Gasteiger partial charge in [-0.3, -0.25) is 4.79 Å². The second-order valence-corrected chi connectivity index (χ2v) is 7.08. The van der Waals surface area contributed by atoms with E-state index >= 15 is 0 Å². The molecular weight excluding hydrogens is 310 g/mol. The highest BCUT2D eigenvalue weighted by molar-refractivity contribution is 6.06. The number of carbonyl (C=O) groups excluding carboxylic acids is 1. The smallest absolute Gasteiger partial charge is 0.251 e. The minimum atomic E-state index is 0.0273. The first-order valence-electron chi connectivity index (χ1n) is 9.38. The zero-order chi connectivity index (χ0) is 17.6. The SMILES string of the molecule is CCN1CCN(CC(C)CNC(=O)c2cccc3ccccc23)CC1. The molecule has 1 heterocycles. The van der Waals surface area contributed by atoms with Crippen LogP contribution in [0.5, 0.6) is 0 Å². The van der Waals surface area contributed by atoms with Crippen LogP contribution >= 0.6 is 0 Å². The monoisotopic (exact) mass is 339 g/mol. The van der Waals surface area contributed by atoms with Crippen LogP contribution < -0.4 is 5.32 Å². The second kappa shape index (κ2) is 8.45. The number of nitrogens with zero attached hydrogens (tertiary/aromatic N) is 2. The molecule has 1 aliphatic rings. The van der Waals surface area contributed by atoms with Gasteiger partial charge < -0.3 is 15.1 Å². The predicted octanol–water partition coefficient (Wildman–Crippen LogP) is 2.84. The molecule has 2 aromatic rings. The number of rotatable bonds is 6. The third-order valence-corrected chi connectivity index (χ3v) is 5.13. The fraction of sp³-hybridized carbons (Fsp3) is 0.476. The van der Waals surface area contributed by atoms with Crippen LogP contribution in [0, 0.1) is 5.92 Å². The quantitative estimate of drug-likeness (QED) is 0.879. The number of benzene rings is 2. The molecule has 1 atom stereocenters. The van der Waals surface area contributed by atoms with Crippen molar-refractivity contribution in [1.82, 2.24) is 15.1 Å². The minimum Gasteiger partial charge on any atom is -0.352 e. The molecule has 0 aromatic heterocycles.